The zero-order valence-corrected chi connectivity index (χ0v) is 11.8. The Hall–Kier alpha value is -1.58. The average Bonchev–Trinajstić information content (AvgIpc) is 3.14. The number of anilines is 1. The molecule has 0 unspecified atom stereocenters. The Bertz CT molecular complexity index is 596. The number of benzene rings is 1. The van der Waals surface area contributed by atoms with Crippen LogP contribution in [0.5, 0.6) is 0 Å². The highest BCUT2D eigenvalue weighted by molar-refractivity contribution is 8.00. The molecule has 0 spiro atoms. The van der Waals surface area contributed by atoms with Gasteiger partial charge in [0.1, 0.15) is 0 Å². The van der Waals surface area contributed by atoms with Gasteiger partial charge in [0.25, 0.3) is 0 Å². The molecule has 1 aromatic heterocycles. The number of aromatic nitrogens is 2. The van der Waals surface area contributed by atoms with E-state index in [0.717, 1.165) is 15.2 Å². The minimum absolute atomic E-state index is 0.615. The summed E-state index contributed by atoms with van der Waals surface area (Å²) in [6.07, 6.45) is 2.49. The normalized spacial score (nSPS) is 14.1. The van der Waals surface area contributed by atoms with Gasteiger partial charge in [0.2, 0.25) is 5.13 Å². The van der Waals surface area contributed by atoms with E-state index in [9.17, 15) is 0 Å². The first-order chi connectivity index (χ1) is 9.33. The van der Waals surface area contributed by atoms with Crippen molar-refractivity contribution in [1.29, 1.82) is 5.26 Å². The van der Waals surface area contributed by atoms with E-state index in [2.05, 4.69) is 21.6 Å². The Labute approximate surface area is 119 Å². The average molecular weight is 288 g/mol. The minimum Gasteiger partial charge on any atom is -0.357 e. The lowest BCUT2D eigenvalue weighted by Gasteiger charge is -1.98. The van der Waals surface area contributed by atoms with Crippen molar-refractivity contribution in [2.75, 3.05) is 5.32 Å². The smallest absolute Gasteiger partial charge is 0.206 e. The molecule has 1 fully saturated rings. The predicted octanol–water partition coefficient (Wildman–Crippen LogP) is 3.28. The van der Waals surface area contributed by atoms with E-state index in [1.807, 2.05) is 24.3 Å². The first-order valence-corrected chi connectivity index (χ1v) is 7.85. The molecule has 1 heterocycles. The van der Waals surface area contributed by atoms with Crippen LogP contribution >= 0.6 is 23.1 Å². The molecule has 0 saturated heterocycles. The van der Waals surface area contributed by atoms with Crippen LogP contribution in [0, 0.1) is 11.3 Å². The van der Waals surface area contributed by atoms with Gasteiger partial charge in [0.15, 0.2) is 4.34 Å². The summed E-state index contributed by atoms with van der Waals surface area (Å²) < 4.78 is 0.979. The molecule has 3 rings (SSSR count). The van der Waals surface area contributed by atoms with Crippen molar-refractivity contribution in [1.82, 2.24) is 10.2 Å². The van der Waals surface area contributed by atoms with E-state index >= 15 is 0 Å². The van der Waals surface area contributed by atoms with Crippen LogP contribution in [-0.4, -0.2) is 16.2 Å². The van der Waals surface area contributed by atoms with Crippen molar-refractivity contribution in [3.8, 4) is 6.07 Å². The van der Waals surface area contributed by atoms with Gasteiger partial charge < -0.3 is 5.32 Å². The fourth-order valence-corrected chi connectivity index (χ4v) is 3.33. The predicted molar refractivity (Wildman–Crippen MR) is 77.3 cm³/mol. The Kier molecular flexibility index (Phi) is 3.67. The summed E-state index contributed by atoms with van der Waals surface area (Å²) in [5.41, 5.74) is 1.89. The first-order valence-electron chi connectivity index (χ1n) is 6.05. The summed E-state index contributed by atoms with van der Waals surface area (Å²) in [4.78, 5) is 0. The first kappa shape index (κ1) is 12.5. The maximum atomic E-state index is 8.74. The third-order valence-corrected chi connectivity index (χ3v) is 4.82. The van der Waals surface area contributed by atoms with Crippen LogP contribution in [0.25, 0.3) is 0 Å². The molecule has 1 N–H and O–H groups in total. The van der Waals surface area contributed by atoms with Crippen LogP contribution in [-0.2, 0) is 5.75 Å². The van der Waals surface area contributed by atoms with Crippen molar-refractivity contribution in [2.24, 2.45) is 0 Å². The van der Waals surface area contributed by atoms with Crippen LogP contribution in [0.15, 0.2) is 28.6 Å². The fourth-order valence-electron chi connectivity index (χ4n) is 1.55. The summed E-state index contributed by atoms with van der Waals surface area (Å²) in [7, 11) is 0. The van der Waals surface area contributed by atoms with E-state index in [1.165, 1.54) is 18.4 Å². The van der Waals surface area contributed by atoms with Gasteiger partial charge in [-0.15, -0.1) is 10.2 Å². The van der Waals surface area contributed by atoms with Crippen LogP contribution < -0.4 is 5.32 Å². The molecule has 1 aliphatic rings. The van der Waals surface area contributed by atoms with Gasteiger partial charge in [-0.2, -0.15) is 5.26 Å². The highest BCUT2D eigenvalue weighted by Gasteiger charge is 2.22. The van der Waals surface area contributed by atoms with E-state index in [0.29, 0.717) is 11.6 Å². The van der Waals surface area contributed by atoms with Gasteiger partial charge in [0, 0.05) is 11.8 Å². The third-order valence-electron chi connectivity index (χ3n) is 2.76. The Morgan fingerprint density at radius 3 is 2.79 bits per heavy atom. The Morgan fingerprint density at radius 2 is 2.11 bits per heavy atom. The summed E-state index contributed by atoms with van der Waals surface area (Å²) in [6.45, 7) is 0. The number of nitrogens with zero attached hydrogens (tertiary/aromatic N) is 3. The lowest BCUT2D eigenvalue weighted by atomic mass is 10.2. The lowest BCUT2D eigenvalue weighted by Crippen LogP contribution is -1.99. The van der Waals surface area contributed by atoms with Gasteiger partial charge in [0.05, 0.1) is 11.6 Å². The van der Waals surface area contributed by atoms with Gasteiger partial charge in [-0.05, 0) is 30.5 Å². The molecular formula is C13H12N4S2. The van der Waals surface area contributed by atoms with Crippen molar-refractivity contribution in [3.05, 3.63) is 35.4 Å². The summed E-state index contributed by atoms with van der Waals surface area (Å²) in [6, 6.07) is 10.4. The van der Waals surface area contributed by atoms with Crippen molar-refractivity contribution in [3.63, 3.8) is 0 Å². The highest BCUT2D eigenvalue weighted by atomic mass is 32.2. The SMILES string of the molecule is N#Cc1ccc(CSc2nnc(NC3CC3)s2)cc1. The molecule has 1 aromatic carbocycles. The number of rotatable bonds is 5. The monoisotopic (exact) mass is 288 g/mol. The quantitative estimate of drug-likeness (QED) is 0.856. The van der Waals surface area contributed by atoms with Crippen LogP contribution in [0.3, 0.4) is 0 Å². The molecule has 0 bridgehead atoms. The topological polar surface area (TPSA) is 61.6 Å². The standard InChI is InChI=1S/C13H12N4S2/c14-7-9-1-3-10(4-2-9)8-18-13-17-16-12(19-13)15-11-5-6-11/h1-4,11H,5-6,8H2,(H,15,16). The zero-order chi connectivity index (χ0) is 13.1. The molecule has 6 heteroatoms. The van der Waals surface area contributed by atoms with Crippen molar-refractivity contribution < 1.29 is 0 Å². The number of thioether (sulfide) groups is 1. The highest BCUT2D eigenvalue weighted by Crippen LogP contribution is 2.31. The molecule has 4 nitrogen and oxygen atoms in total. The molecule has 0 radical (unpaired) electrons. The third kappa shape index (κ3) is 3.46. The lowest BCUT2D eigenvalue weighted by molar-refractivity contribution is 0.994. The molecule has 2 aromatic rings. The van der Waals surface area contributed by atoms with Gasteiger partial charge in [-0.25, -0.2) is 0 Å². The van der Waals surface area contributed by atoms with Crippen LogP contribution in [0.1, 0.15) is 24.0 Å². The maximum absolute atomic E-state index is 8.74. The second-order valence-electron chi connectivity index (χ2n) is 4.39. The van der Waals surface area contributed by atoms with E-state index in [1.54, 1.807) is 23.1 Å². The molecule has 1 saturated carbocycles. The van der Waals surface area contributed by atoms with Crippen LogP contribution in [0.4, 0.5) is 5.13 Å². The number of hydrogen-bond acceptors (Lipinski definition) is 6. The van der Waals surface area contributed by atoms with Gasteiger partial charge in [-0.1, -0.05) is 35.2 Å². The van der Waals surface area contributed by atoms with Crippen molar-refractivity contribution in [2.45, 2.75) is 29.0 Å². The fraction of sp³-hybridized carbons (Fsp3) is 0.308. The molecule has 0 amide bonds. The Morgan fingerprint density at radius 1 is 1.32 bits per heavy atom. The largest absolute Gasteiger partial charge is 0.357 e. The summed E-state index contributed by atoms with van der Waals surface area (Å²) in [5, 5.41) is 21.3. The number of nitriles is 1. The van der Waals surface area contributed by atoms with Crippen LogP contribution in [0.2, 0.25) is 0 Å². The second-order valence-corrected chi connectivity index (χ2v) is 6.59. The molecule has 0 aliphatic heterocycles. The number of hydrogen-bond donors (Lipinski definition) is 1. The molecule has 96 valence electrons. The molecular weight excluding hydrogens is 276 g/mol. The maximum Gasteiger partial charge on any atom is 0.206 e. The summed E-state index contributed by atoms with van der Waals surface area (Å²) >= 11 is 3.28. The second kappa shape index (κ2) is 5.59. The molecule has 19 heavy (non-hydrogen) atoms. The van der Waals surface area contributed by atoms with Crippen molar-refractivity contribution >= 4 is 28.2 Å². The Balaban J connectivity index is 1.55. The van der Waals surface area contributed by atoms with Gasteiger partial charge in [-0.3, -0.25) is 0 Å². The zero-order valence-electron chi connectivity index (χ0n) is 10.2. The summed E-state index contributed by atoms with van der Waals surface area (Å²) in [5.74, 6) is 0.851. The van der Waals surface area contributed by atoms with Gasteiger partial charge >= 0.3 is 0 Å². The molecule has 1 aliphatic carbocycles. The minimum atomic E-state index is 0.615. The molecule has 0 atom stereocenters. The van der Waals surface area contributed by atoms with E-state index < -0.39 is 0 Å². The van der Waals surface area contributed by atoms with E-state index in [-0.39, 0.29) is 0 Å². The number of nitrogens with one attached hydrogen (secondary N) is 1. The van der Waals surface area contributed by atoms with E-state index in [4.69, 9.17) is 5.26 Å².